The van der Waals surface area contributed by atoms with Crippen molar-refractivity contribution in [1.82, 2.24) is 14.7 Å². The summed E-state index contributed by atoms with van der Waals surface area (Å²) in [4.78, 5) is 27.1. The van der Waals surface area contributed by atoms with Crippen molar-refractivity contribution in [1.29, 1.82) is 0 Å². The monoisotopic (exact) mass is 551 g/mol. The van der Waals surface area contributed by atoms with Gasteiger partial charge < -0.3 is 20.3 Å². The Morgan fingerprint density at radius 3 is 2.29 bits per heavy atom. The summed E-state index contributed by atoms with van der Waals surface area (Å²) < 4.78 is 45.1. The molecule has 38 heavy (non-hydrogen) atoms. The first-order valence-corrected chi connectivity index (χ1v) is 12.0. The van der Waals surface area contributed by atoms with Crippen molar-refractivity contribution >= 4 is 35.0 Å². The molecule has 3 aromatic rings. The predicted octanol–water partition coefficient (Wildman–Crippen LogP) is 5.96. The number of halogens is 4. The number of methoxy groups -OCH3 is 1. The van der Waals surface area contributed by atoms with Gasteiger partial charge in [-0.2, -0.15) is 18.3 Å². The quantitative estimate of drug-likeness (QED) is 0.361. The summed E-state index contributed by atoms with van der Waals surface area (Å²) in [5.74, 6) is -0.153. The van der Waals surface area contributed by atoms with E-state index in [0.29, 0.717) is 22.2 Å². The summed E-state index contributed by atoms with van der Waals surface area (Å²) in [7, 11) is 1.45. The van der Waals surface area contributed by atoms with E-state index in [0.717, 1.165) is 24.3 Å². The predicted molar refractivity (Wildman–Crippen MR) is 140 cm³/mol. The third kappa shape index (κ3) is 7.48. The van der Waals surface area contributed by atoms with E-state index >= 15 is 0 Å². The minimum atomic E-state index is -4.49. The van der Waals surface area contributed by atoms with Crippen LogP contribution >= 0.6 is 11.6 Å². The lowest BCUT2D eigenvalue weighted by Gasteiger charge is -2.22. The number of aromatic nitrogens is 2. The third-order valence-corrected chi connectivity index (χ3v) is 5.80. The van der Waals surface area contributed by atoms with Crippen LogP contribution in [0, 0.1) is 0 Å². The van der Waals surface area contributed by atoms with Crippen LogP contribution < -0.4 is 10.6 Å². The van der Waals surface area contributed by atoms with E-state index in [9.17, 15) is 22.8 Å². The number of urea groups is 1. The van der Waals surface area contributed by atoms with Gasteiger partial charge in [0.25, 0.3) is 0 Å². The van der Waals surface area contributed by atoms with Crippen LogP contribution in [0.5, 0.6) is 0 Å². The first-order chi connectivity index (χ1) is 17.8. The SMILES string of the molecule is COCCN(CC(=O)Nc1cc(C(C)(C)C)nn1-c1ccccc1Cl)C(=O)Nc1ccc(C(F)(F)F)cc1. The highest BCUT2D eigenvalue weighted by Crippen LogP contribution is 2.30. The first-order valence-electron chi connectivity index (χ1n) is 11.7. The second kappa shape index (κ2) is 11.9. The molecule has 0 unspecified atom stereocenters. The molecule has 2 N–H and O–H groups in total. The van der Waals surface area contributed by atoms with Gasteiger partial charge in [-0.3, -0.25) is 4.79 Å². The largest absolute Gasteiger partial charge is 0.416 e. The number of carbonyl (C=O) groups is 2. The van der Waals surface area contributed by atoms with E-state index < -0.39 is 23.7 Å². The number of nitrogens with one attached hydrogen (secondary N) is 2. The van der Waals surface area contributed by atoms with E-state index in [-0.39, 0.29) is 30.8 Å². The van der Waals surface area contributed by atoms with Crippen molar-refractivity contribution in [3.8, 4) is 5.69 Å². The minimum Gasteiger partial charge on any atom is -0.383 e. The molecule has 0 saturated carbocycles. The third-order valence-electron chi connectivity index (χ3n) is 5.48. The van der Waals surface area contributed by atoms with E-state index in [1.54, 1.807) is 30.3 Å². The highest BCUT2D eigenvalue weighted by Gasteiger charge is 2.30. The summed E-state index contributed by atoms with van der Waals surface area (Å²) in [6.45, 7) is 5.79. The second-order valence-electron chi connectivity index (χ2n) is 9.50. The molecule has 2 aromatic carbocycles. The van der Waals surface area contributed by atoms with E-state index in [2.05, 4.69) is 15.7 Å². The number of hydrogen-bond donors (Lipinski definition) is 2. The topological polar surface area (TPSA) is 88.5 Å². The molecule has 12 heteroatoms. The van der Waals surface area contributed by atoms with Crippen molar-refractivity contribution in [3.63, 3.8) is 0 Å². The Balaban J connectivity index is 1.79. The van der Waals surface area contributed by atoms with Crippen molar-refractivity contribution < 1.29 is 27.5 Å². The molecule has 1 heterocycles. The number of hydrogen-bond acceptors (Lipinski definition) is 4. The maximum Gasteiger partial charge on any atom is 0.416 e. The number of ether oxygens (including phenoxy) is 1. The summed E-state index contributed by atoms with van der Waals surface area (Å²) >= 11 is 6.37. The molecule has 204 valence electrons. The van der Waals surface area contributed by atoms with Gasteiger partial charge in [0, 0.05) is 30.8 Å². The average Bonchev–Trinajstić information content (AvgIpc) is 3.25. The zero-order chi connectivity index (χ0) is 28.1. The number of nitrogens with zero attached hydrogens (tertiary/aromatic N) is 3. The molecular formula is C26H29ClF3N5O3. The molecule has 3 amide bonds. The molecular weight excluding hydrogens is 523 g/mol. The lowest BCUT2D eigenvalue weighted by Crippen LogP contribution is -2.42. The van der Waals surface area contributed by atoms with Gasteiger partial charge in [-0.15, -0.1) is 0 Å². The van der Waals surface area contributed by atoms with Crippen LogP contribution in [0.3, 0.4) is 0 Å². The molecule has 0 aliphatic rings. The lowest BCUT2D eigenvalue weighted by molar-refractivity contribution is -0.137. The minimum absolute atomic E-state index is 0.0629. The van der Waals surface area contributed by atoms with Gasteiger partial charge in [0.05, 0.1) is 28.6 Å². The Bertz CT molecular complexity index is 1270. The van der Waals surface area contributed by atoms with Crippen molar-refractivity contribution in [3.05, 3.63) is 70.9 Å². The maximum atomic E-state index is 13.1. The van der Waals surface area contributed by atoms with Crippen LogP contribution in [0.25, 0.3) is 5.69 Å². The molecule has 3 rings (SSSR count). The number of amides is 3. The van der Waals surface area contributed by atoms with E-state index in [1.807, 2.05) is 20.8 Å². The maximum absolute atomic E-state index is 13.1. The molecule has 0 aliphatic heterocycles. The van der Waals surface area contributed by atoms with Gasteiger partial charge in [-0.25, -0.2) is 9.48 Å². The van der Waals surface area contributed by atoms with Crippen LogP contribution in [0.15, 0.2) is 54.6 Å². The van der Waals surface area contributed by atoms with Crippen LogP contribution in [0.1, 0.15) is 32.0 Å². The Hall–Kier alpha value is -3.57. The van der Waals surface area contributed by atoms with Gasteiger partial charge in [-0.05, 0) is 36.4 Å². The number of carbonyl (C=O) groups excluding carboxylic acids is 2. The van der Waals surface area contributed by atoms with Crippen LogP contribution in [0.2, 0.25) is 5.02 Å². The molecule has 0 atom stereocenters. The van der Waals surface area contributed by atoms with Crippen molar-refractivity contribution in [2.45, 2.75) is 32.4 Å². The molecule has 0 radical (unpaired) electrons. The van der Waals surface area contributed by atoms with Gasteiger partial charge in [0.15, 0.2) is 0 Å². The second-order valence-corrected chi connectivity index (χ2v) is 9.90. The normalized spacial score (nSPS) is 11.8. The molecule has 0 aliphatic carbocycles. The van der Waals surface area contributed by atoms with Gasteiger partial charge in [-0.1, -0.05) is 44.5 Å². The fourth-order valence-electron chi connectivity index (χ4n) is 3.40. The van der Waals surface area contributed by atoms with Crippen molar-refractivity contribution in [2.24, 2.45) is 0 Å². The number of anilines is 2. The summed E-state index contributed by atoms with van der Waals surface area (Å²) in [5.41, 5.74) is 0.270. The zero-order valence-electron chi connectivity index (χ0n) is 21.4. The Morgan fingerprint density at radius 2 is 1.71 bits per heavy atom. The molecule has 1 aromatic heterocycles. The fourth-order valence-corrected chi connectivity index (χ4v) is 3.61. The zero-order valence-corrected chi connectivity index (χ0v) is 22.2. The first kappa shape index (κ1) is 29.0. The Kier molecular flexibility index (Phi) is 9.05. The van der Waals surface area contributed by atoms with Crippen LogP contribution in [0.4, 0.5) is 29.5 Å². The van der Waals surface area contributed by atoms with E-state index in [4.69, 9.17) is 16.3 Å². The van der Waals surface area contributed by atoms with Gasteiger partial charge >= 0.3 is 12.2 Å². The summed E-state index contributed by atoms with van der Waals surface area (Å²) in [5, 5.41) is 10.4. The van der Waals surface area contributed by atoms with Crippen molar-refractivity contribution in [2.75, 3.05) is 37.4 Å². The van der Waals surface area contributed by atoms with Crippen LogP contribution in [-0.4, -0.2) is 53.4 Å². The summed E-state index contributed by atoms with van der Waals surface area (Å²) in [6, 6.07) is 12.1. The highest BCUT2D eigenvalue weighted by atomic mass is 35.5. The summed E-state index contributed by atoms with van der Waals surface area (Å²) in [6.07, 6.45) is -4.49. The van der Waals surface area contributed by atoms with Crippen LogP contribution in [-0.2, 0) is 21.1 Å². The molecule has 0 saturated heterocycles. The lowest BCUT2D eigenvalue weighted by atomic mass is 9.92. The average molecular weight is 552 g/mol. The molecule has 0 bridgehead atoms. The number of alkyl halides is 3. The van der Waals surface area contributed by atoms with E-state index in [1.165, 1.54) is 16.7 Å². The molecule has 0 spiro atoms. The number of rotatable bonds is 8. The number of para-hydroxylation sites is 1. The fraction of sp³-hybridized carbons (Fsp3) is 0.346. The standard InChI is InChI=1S/C26H29ClF3N5O3/c1-25(2,3)21-15-22(35(33-21)20-8-6-5-7-19(20)27)32-23(36)16-34(13-14-38-4)24(37)31-18-11-9-17(10-12-18)26(28,29)30/h5-12,15H,13-14,16H2,1-4H3,(H,31,37)(H,32,36). The smallest absolute Gasteiger partial charge is 0.383 e. The van der Waals surface area contributed by atoms with Gasteiger partial charge in [0.2, 0.25) is 5.91 Å². The Labute approximate surface area is 223 Å². The Morgan fingerprint density at radius 1 is 1.05 bits per heavy atom. The van der Waals surface area contributed by atoms with Gasteiger partial charge in [0.1, 0.15) is 12.4 Å². The molecule has 8 nitrogen and oxygen atoms in total. The highest BCUT2D eigenvalue weighted by molar-refractivity contribution is 6.32. The number of benzene rings is 2. The molecule has 0 fully saturated rings.